The van der Waals surface area contributed by atoms with Gasteiger partial charge in [-0.15, -0.1) is 0 Å². The van der Waals surface area contributed by atoms with E-state index in [4.69, 9.17) is 0 Å². The standard InChI is InChI=1S/C15H13B2N3/c1-3-7-12(8-4-1)16-14-18-11-19-15(20-14)17-13-9-5-2-6-10-13/h1-11,16-17H. The zero-order valence-electron chi connectivity index (χ0n) is 11.1. The lowest BCUT2D eigenvalue weighted by molar-refractivity contribution is 1.13. The first-order chi connectivity index (χ1) is 9.90. The van der Waals surface area contributed by atoms with Crippen molar-refractivity contribution in [2.24, 2.45) is 0 Å². The van der Waals surface area contributed by atoms with Crippen molar-refractivity contribution in [1.29, 1.82) is 0 Å². The fourth-order valence-corrected chi connectivity index (χ4v) is 2.10. The molecule has 0 bridgehead atoms. The lowest BCUT2D eigenvalue weighted by Gasteiger charge is -2.02. The Morgan fingerprint density at radius 2 is 1.05 bits per heavy atom. The summed E-state index contributed by atoms with van der Waals surface area (Å²) in [7, 11) is 1.48. The third-order valence-corrected chi connectivity index (χ3v) is 3.08. The average molecular weight is 257 g/mol. The smallest absolute Gasteiger partial charge is 0.239 e. The Morgan fingerprint density at radius 1 is 0.600 bits per heavy atom. The van der Waals surface area contributed by atoms with E-state index in [-0.39, 0.29) is 0 Å². The van der Waals surface area contributed by atoms with Gasteiger partial charge in [0.05, 0.1) is 11.4 Å². The Bertz CT molecular complexity index is 618. The van der Waals surface area contributed by atoms with Crippen LogP contribution in [0.2, 0.25) is 0 Å². The Kier molecular flexibility index (Phi) is 3.88. The van der Waals surface area contributed by atoms with Crippen molar-refractivity contribution >= 4 is 36.9 Å². The minimum atomic E-state index is 0.741. The number of hydrogen-bond donors (Lipinski definition) is 0. The number of aromatic nitrogens is 3. The summed E-state index contributed by atoms with van der Waals surface area (Å²) < 4.78 is 0. The largest absolute Gasteiger partial charge is 0.240 e. The molecule has 1 heterocycles. The van der Waals surface area contributed by atoms with Crippen LogP contribution in [0.4, 0.5) is 0 Å². The molecule has 0 radical (unpaired) electrons. The van der Waals surface area contributed by atoms with Crippen LogP contribution in [0, 0.1) is 0 Å². The number of benzene rings is 2. The van der Waals surface area contributed by atoms with E-state index in [9.17, 15) is 0 Å². The molecule has 1 aromatic heterocycles. The van der Waals surface area contributed by atoms with Crippen molar-refractivity contribution in [1.82, 2.24) is 15.0 Å². The minimum absolute atomic E-state index is 0.741. The molecule has 0 saturated carbocycles. The highest BCUT2D eigenvalue weighted by molar-refractivity contribution is 6.68. The lowest BCUT2D eigenvalue weighted by Crippen LogP contribution is -2.41. The highest BCUT2D eigenvalue weighted by Crippen LogP contribution is 1.81. The van der Waals surface area contributed by atoms with Gasteiger partial charge in [0.2, 0.25) is 14.6 Å². The minimum Gasteiger partial charge on any atom is -0.239 e. The second-order valence-corrected chi connectivity index (χ2v) is 4.64. The van der Waals surface area contributed by atoms with Gasteiger partial charge in [0, 0.05) is 0 Å². The molecule has 0 aliphatic carbocycles. The molecule has 20 heavy (non-hydrogen) atoms. The van der Waals surface area contributed by atoms with Crippen molar-refractivity contribution in [3.63, 3.8) is 0 Å². The summed E-state index contributed by atoms with van der Waals surface area (Å²) in [5.41, 5.74) is 4.06. The Hall–Kier alpha value is -2.42. The lowest BCUT2D eigenvalue weighted by atomic mass is 9.67. The quantitative estimate of drug-likeness (QED) is 0.542. The van der Waals surface area contributed by atoms with E-state index in [2.05, 4.69) is 39.2 Å². The van der Waals surface area contributed by atoms with Crippen LogP contribution in [-0.2, 0) is 0 Å². The Balaban J connectivity index is 1.76. The molecule has 2 aromatic carbocycles. The van der Waals surface area contributed by atoms with Gasteiger partial charge in [0.25, 0.3) is 0 Å². The maximum absolute atomic E-state index is 4.54. The molecular weight excluding hydrogens is 244 g/mol. The number of rotatable bonds is 4. The third kappa shape index (κ3) is 3.32. The van der Waals surface area contributed by atoms with Crippen molar-refractivity contribution in [2.75, 3.05) is 0 Å². The molecule has 94 valence electrons. The summed E-state index contributed by atoms with van der Waals surface area (Å²) in [5, 5.41) is 0. The van der Waals surface area contributed by atoms with Gasteiger partial charge in [-0.25, -0.2) is 15.0 Å². The second kappa shape index (κ2) is 6.15. The number of nitrogens with zero attached hydrogens (tertiary/aromatic N) is 3. The molecule has 0 aliphatic heterocycles. The first-order valence-corrected chi connectivity index (χ1v) is 6.65. The van der Waals surface area contributed by atoms with E-state index in [0.29, 0.717) is 0 Å². The zero-order chi connectivity index (χ0) is 13.6. The maximum Gasteiger partial charge on any atom is 0.240 e. The molecule has 3 aromatic rings. The molecule has 5 heteroatoms. The van der Waals surface area contributed by atoms with Crippen LogP contribution in [0.15, 0.2) is 67.0 Å². The van der Waals surface area contributed by atoms with Gasteiger partial charge in [-0.2, -0.15) is 0 Å². The zero-order valence-corrected chi connectivity index (χ0v) is 11.1. The fraction of sp³-hybridized carbons (Fsp3) is 0. The molecule has 0 unspecified atom stereocenters. The highest BCUT2D eigenvalue weighted by Gasteiger charge is 2.06. The third-order valence-electron chi connectivity index (χ3n) is 3.08. The van der Waals surface area contributed by atoms with E-state index in [1.807, 2.05) is 36.4 Å². The molecule has 3 rings (SSSR count). The van der Waals surface area contributed by atoms with E-state index < -0.39 is 0 Å². The van der Waals surface area contributed by atoms with Crippen LogP contribution in [0.25, 0.3) is 0 Å². The van der Waals surface area contributed by atoms with Gasteiger partial charge in [0.15, 0.2) is 0 Å². The fourth-order valence-electron chi connectivity index (χ4n) is 2.10. The van der Waals surface area contributed by atoms with Crippen LogP contribution < -0.4 is 22.4 Å². The van der Waals surface area contributed by atoms with Crippen LogP contribution >= 0.6 is 0 Å². The number of hydrogen-bond acceptors (Lipinski definition) is 3. The molecule has 0 atom stereocenters. The monoisotopic (exact) mass is 257 g/mol. The highest BCUT2D eigenvalue weighted by atomic mass is 15.0. The molecule has 0 N–H and O–H groups in total. The van der Waals surface area contributed by atoms with Gasteiger partial charge in [0.1, 0.15) is 6.33 Å². The van der Waals surface area contributed by atoms with Crippen LogP contribution in [-0.4, -0.2) is 29.5 Å². The summed E-state index contributed by atoms with van der Waals surface area (Å²) >= 11 is 0. The van der Waals surface area contributed by atoms with Crippen molar-refractivity contribution in [2.45, 2.75) is 0 Å². The van der Waals surface area contributed by atoms with Gasteiger partial charge < -0.3 is 0 Å². The van der Waals surface area contributed by atoms with E-state index in [0.717, 1.165) is 26.0 Å². The molecule has 0 amide bonds. The molecular formula is C15H13B2N3. The molecule has 0 aliphatic rings. The normalized spacial score (nSPS) is 10.0. The van der Waals surface area contributed by atoms with Crippen molar-refractivity contribution < 1.29 is 0 Å². The first-order valence-electron chi connectivity index (χ1n) is 6.65. The van der Waals surface area contributed by atoms with Crippen LogP contribution in [0.1, 0.15) is 0 Å². The topological polar surface area (TPSA) is 38.7 Å². The van der Waals surface area contributed by atoms with Crippen LogP contribution in [0.5, 0.6) is 0 Å². The van der Waals surface area contributed by atoms with Crippen molar-refractivity contribution in [3.8, 4) is 0 Å². The summed E-state index contributed by atoms with van der Waals surface area (Å²) in [5.74, 6) is 0. The van der Waals surface area contributed by atoms with Gasteiger partial charge in [-0.05, 0) is 0 Å². The van der Waals surface area contributed by atoms with Crippen molar-refractivity contribution in [3.05, 3.63) is 67.0 Å². The van der Waals surface area contributed by atoms with E-state index in [1.54, 1.807) is 6.33 Å². The predicted octanol–water partition coefficient (Wildman–Crippen LogP) is -1.35. The van der Waals surface area contributed by atoms with E-state index >= 15 is 0 Å². The molecule has 0 saturated heterocycles. The predicted molar refractivity (Wildman–Crippen MR) is 85.5 cm³/mol. The maximum atomic E-state index is 4.54. The summed E-state index contributed by atoms with van der Waals surface area (Å²) in [6.07, 6.45) is 1.60. The summed E-state index contributed by atoms with van der Waals surface area (Å²) in [4.78, 5) is 13.0. The van der Waals surface area contributed by atoms with E-state index in [1.165, 1.54) is 10.9 Å². The van der Waals surface area contributed by atoms with Gasteiger partial charge >= 0.3 is 0 Å². The molecule has 0 fully saturated rings. The Morgan fingerprint density at radius 3 is 1.50 bits per heavy atom. The average Bonchev–Trinajstić information content (AvgIpc) is 2.50. The second-order valence-electron chi connectivity index (χ2n) is 4.64. The molecule has 0 spiro atoms. The van der Waals surface area contributed by atoms with Gasteiger partial charge in [-0.3, -0.25) is 0 Å². The SMILES string of the molecule is B(c1ccccc1)c1ncnc(Bc2ccccc2)n1. The first kappa shape index (κ1) is 12.6. The summed E-state index contributed by atoms with van der Waals surface area (Å²) in [6, 6.07) is 20.5. The molecule has 3 nitrogen and oxygen atoms in total. The summed E-state index contributed by atoms with van der Waals surface area (Å²) in [6.45, 7) is 0. The Labute approximate surface area is 119 Å². The van der Waals surface area contributed by atoms with Gasteiger partial charge in [-0.1, -0.05) is 71.6 Å². The van der Waals surface area contributed by atoms with Crippen LogP contribution in [0.3, 0.4) is 0 Å².